The summed E-state index contributed by atoms with van der Waals surface area (Å²) in [5.41, 5.74) is 2.45. The van der Waals surface area contributed by atoms with Crippen LogP contribution in [0, 0.1) is 0 Å². The molecule has 1 saturated carbocycles. The van der Waals surface area contributed by atoms with Crippen molar-refractivity contribution in [1.29, 1.82) is 0 Å². The van der Waals surface area contributed by atoms with Gasteiger partial charge < -0.3 is 19.3 Å². The van der Waals surface area contributed by atoms with Gasteiger partial charge in [0.1, 0.15) is 5.75 Å². The van der Waals surface area contributed by atoms with Gasteiger partial charge in [0.2, 0.25) is 5.91 Å². The number of methoxy groups -OCH3 is 2. The number of benzene rings is 2. The van der Waals surface area contributed by atoms with Crippen LogP contribution in [0.2, 0.25) is 0 Å². The summed E-state index contributed by atoms with van der Waals surface area (Å²) in [5, 5.41) is 0. The Morgan fingerprint density at radius 1 is 1.00 bits per heavy atom. The van der Waals surface area contributed by atoms with Gasteiger partial charge in [0.15, 0.2) is 0 Å². The SMILES string of the molecule is COCCN1CCN(C(=O)C2c3ccccc3C(=O)N(C3CC3)C2c2cccc(OC)c2)CC1. The maximum atomic E-state index is 14.2. The quantitative estimate of drug-likeness (QED) is 0.632. The molecule has 0 spiro atoms. The molecule has 2 fully saturated rings. The van der Waals surface area contributed by atoms with Crippen molar-refractivity contribution >= 4 is 11.8 Å². The van der Waals surface area contributed by atoms with E-state index in [1.165, 1.54) is 0 Å². The summed E-state index contributed by atoms with van der Waals surface area (Å²) in [5.74, 6) is 0.425. The minimum absolute atomic E-state index is 0.0272. The monoisotopic (exact) mass is 463 g/mol. The Hall–Kier alpha value is -2.90. The van der Waals surface area contributed by atoms with E-state index in [4.69, 9.17) is 9.47 Å². The van der Waals surface area contributed by atoms with Gasteiger partial charge in [-0.3, -0.25) is 14.5 Å². The molecule has 180 valence electrons. The van der Waals surface area contributed by atoms with Crippen molar-refractivity contribution in [2.45, 2.75) is 30.8 Å². The summed E-state index contributed by atoms with van der Waals surface area (Å²) in [6.45, 7) is 4.60. The van der Waals surface area contributed by atoms with Crippen molar-refractivity contribution in [3.63, 3.8) is 0 Å². The van der Waals surface area contributed by atoms with Crippen LogP contribution in [0.1, 0.15) is 46.3 Å². The van der Waals surface area contributed by atoms with E-state index < -0.39 is 5.92 Å². The number of amides is 2. The third-order valence-electron chi connectivity index (χ3n) is 7.31. The lowest BCUT2D eigenvalue weighted by Crippen LogP contribution is -2.54. The molecule has 7 nitrogen and oxygen atoms in total. The second-order valence-corrected chi connectivity index (χ2v) is 9.39. The second-order valence-electron chi connectivity index (χ2n) is 9.39. The third kappa shape index (κ3) is 4.30. The highest BCUT2D eigenvalue weighted by molar-refractivity contribution is 6.01. The van der Waals surface area contributed by atoms with E-state index >= 15 is 0 Å². The van der Waals surface area contributed by atoms with E-state index in [0.717, 1.165) is 49.4 Å². The number of carbonyl (C=O) groups excluding carboxylic acids is 2. The molecule has 2 amide bonds. The molecule has 2 unspecified atom stereocenters. The van der Waals surface area contributed by atoms with Crippen LogP contribution in [0.3, 0.4) is 0 Å². The minimum Gasteiger partial charge on any atom is -0.497 e. The Labute approximate surface area is 201 Å². The summed E-state index contributed by atoms with van der Waals surface area (Å²) in [6, 6.07) is 15.3. The molecule has 3 aliphatic rings. The van der Waals surface area contributed by atoms with Crippen LogP contribution < -0.4 is 4.74 Å². The Balaban J connectivity index is 1.52. The molecule has 0 aromatic heterocycles. The average molecular weight is 464 g/mol. The second kappa shape index (κ2) is 9.76. The fourth-order valence-electron chi connectivity index (χ4n) is 5.36. The molecular formula is C27H33N3O4. The molecule has 34 heavy (non-hydrogen) atoms. The molecular weight excluding hydrogens is 430 g/mol. The molecule has 2 heterocycles. The lowest BCUT2D eigenvalue weighted by molar-refractivity contribution is -0.136. The van der Waals surface area contributed by atoms with Gasteiger partial charge in [-0.1, -0.05) is 30.3 Å². The summed E-state index contributed by atoms with van der Waals surface area (Å²) < 4.78 is 10.7. The number of carbonyl (C=O) groups is 2. The summed E-state index contributed by atoms with van der Waals surface area (Å²) in [4.78, 5) is 34.2. The lowest BCUT2D eigenvalue weighted by Gasteiger charge is -2.44. The average Bonchev–Trinajstić information content (AvgIpc) is 3.72. The molecule has 2 aliphatic heterocycles. The van der Waals surface area contributed by atoms with Crippen molar-refractivity contribution in [3.05, 3.63) is 65.2 Å². The molecule has 1 saturated heterocycles. The standard InChI is InChI=1S/C27H33N3O4/c1-33-17-16-28-12-14-29(15-13-28)27(32)24-22-8-3-4-9-23(22)26(31)30(20-10-11-20)25(24)19-6-5-7-21(18-19)34-2/h3-9,18,20,24-25H,10-17H2,1-2H3. The Morgan fingerprint density at radius 3 is 2.47 bits per heavy atom. The first-order valence-electron chi connectivity index (χ1n) is 12.2. The van der Waals surface area contributed by atoms with E-state index in [9.17, 15) is 9.59 Å². The van der Waals surface area contributed by atoms with Crippen molar-refractivity contribution in [3.8, 4) is 5.75 Å². The molecule has 2 atom stereocenters. The first-order chi connectivity index (χ1) is 16.6. The number of piperazine rings is 1. The zero-order valence-corrected chi connectivity index (χ0v) is 20.0. The molecule has 2 aromatic rings. The van der Waals surface area contributed by atoms with Crippen LogP contribution in [0.25, 0.3) is 0 Å². The lowest BCUT2D eigenvalue weighted by atomic mass is 9.78. The van der Waals surface area contributed by atoms with Crippen LogP contribution in [0.15, 0.2) is 48.5 Å². The van der Waals surface area contributed by atoms with Crippen molar-refractivity contribution < 1.29 is 19.1 Å². The van der Waals surface area contributed by atoms with Crippen molar-refractivity contribution in [2.75, 3.05) is 53.6 Å². The molecule has 7 heteroatoms. The van der Waals surface area contributed by atoms with E-state index in [1.807, 2.05) is 58.3 Å². The third-order valence-corrected chi connectivity index (χ3v) is 7.31. The van der Waals surface area contributed by atoms with E-state index in [0.29, 0.717) is 25.3 Å². The van der Waals surface area contributed by atoms with Crippen LogP contribution in [0.5, 0.6) is 5.75 Å². The molecule has 1 aliphatic carbocycles. The Kier molecular flexibility index (Phi) is 6.57. The molecule has 0 radical (unpaired) electrons. The highest BCUT2D eigenvalue weighted by atomic mass is 16.5. The predicted octanol–water partition coefficient (Wildman–Crippen LogP) is 2.93. The van der Waals surface area contributed by atoms with Gasteiger partial charge in [-0.25, -0.2) is 0 Å². The van der Waals surface area contributed by atoms with Gasteiger partial charge in [0.25, 0.3) is 5.91 Å². The number of nitrogens with zero attached hydrogens (tertiary/aromatic N) is 3. The highest BCUT2D eigenvalue weighted by Crippen LogP contribution is 2.48. The number of ether oxygens (including phenoxy) is 2. The van der Waals surface area contributed by atoms with Crippen molar-refractivity contribution in [2.24, 2.45) is 0 Å². The van der Waals surface area contributed by atoms with Gasteiger partial charge in [0, 0.05) is 51.4 Å². The topological polar surface area (TPSA) is 62.3 Å². The Bertz CT molecular complexity index is 1050. The van der Waals surface area contributed by atoms with Crippen molar-refractivity contribution in [1.82, 2.24) is 14.7 Å². The highest BCUT2D eigenvalue weighted by Gasteiger charge is 2.50. The first kappa shape index (κ1) is 22.9. The number of rotatable bonds is 7. The zero-order valence-electron chi connectivity index (χ0n) is 20.0. The maximum Gasteiger partial charge on any atom is 0.254 e. The zero-order chi connectivity index (χ0) is 23.7. The molecule has 5 rings (SSSR count). The number of hydrogen-bond acceptors (Lipinski definition) is 5. The normalized spacial score (nSPS) is 23.1. The fraction of sp³-hybridized carbons (Fsp3) is 0.481. The molecule has 0 bridgehead atoms. The van der Waals surface area contributed by atoms with Gasteiger partial charge in [0.05, 0.1) is 25.7 Å². The van der Waals surface area contributed by atoms with Crippen LogP contribution in [-0.2, 0) is 9.53 Å². The molecule has 0 N–H and O–H groups in total. The van der Waals surface area contributed by atoms with Gasteiger partial charge >= 0.3 is 0 Å². The number of hydrogen-bond donors (Lipinski definition) is 0. The van der Waals surface area contributed by atoms with Gasteiger partial charge in [-0.05, 0) is 42.2 Å². The van der Waals surface area contributed by atoms with Gasteiger partial charge in [-0.15, -0.1) is 0 Å². The Morgan fingerprint density at radius 2 is 1.76 bits per heavy atom. The van der Waals surface area contributed by atoms with Crippen LogP contribution in [0.4, 0.5) is 0 Å². The van der Waals surface area contributed by atoms with Crippen LogP contribution in [-0.4, -0.2) is 86.1 Å². The van der Waals surface area contributed by atoms with Gasteiger partial charge in [-0.2, -0.15) is 0 Å². The number of fused-ring (bicyclic) bond motifs is 1. The molecule has 2 aromatic carbocycles. The maximum absolute atomic E-state index is 14.2. The fourth-order valence-corrected chi connectivity index (χ4v) is 5.36. The van der Waals surface area contributed by atoms with E-state index in [1.54, 1.807) is 14.2 Å². The largest absolute Gasteiger partial charge is 0.497 e. The predicted molar refractivity (Wildman–Crippen MR) is 129 cm³/mol. The summed E-state index contributed by atoms with van der Waals surface area (Å²) >= 11 is 0. The van der Waals surface area contributed by atoms with E-state index in [2.05, 4.69) is 4.90 Å². The van der Waals surface area contributed by atoms with Crippen LogP contribution >= 0.6 is 0 Å². The summed E-state index contributed by atoms with van der Waals surface area (Å²) in [7, 11) is 3.36. The first-order valence-corrected chi connectivity index (χ1v) is 12.2. The smallest absolute Gasteiger partial charge is 0.254 e. The summed E-state index contributed by atoms with van der Waals surface area (Å²) in [6.07, 6.45) is 1.96. The minimum atomic E-state index is -0.438. The van der Waals surface area contributed by atoms with E-state index in [-0.39, 0.29) is 23.9 Å².